The fourth-order valence-corrected chi connectivity index (χ4v) is 2.57. The van der Waals surface area contributed by atoms with Gasteiger partial charge in [0.2, 0.25) is 0 Å². The van der Waals surface area contributed by atoms with Gasteiger partial charge in [0.15, 0.2) is 0 Å². The molecule has 0 aliphatic carbocycles. The Hall–Kier alpha value is -0.730. The second-order valence-corrected chi connectivity index (χ2v) is 4.88. The molecule has 1 aromatic carbocycles. The molecule has 1 heterocycles. The summed E-state index contributed by atoms with van der Waals surface area (Å²) in [4.78, 5) is 0. The Kier molecular flexibility index (Phi) is 3.72. The summed E-state index contributed by atoms with van der Waals surface area (Å²) in [5, 5.41) is 4.10. The molecule has 0 bridgehead atoms. The van der Waals surface area contributed by atoms with E-state index in [9.17, 15) is 0 Å². The lowest BCUT2D eigenvalue weighted by Crippen LogP contribution is -2.11. The minimum absolute atomic E-state index is 0.702. The van der Waals surface area contributed by atoms with E-state index in [1.807, 2.05) is 6.07 Å². The van der Waals surface area contributed by atoms with Gasteiger partial charge in [0.25, 0.3) is 0 Å². The lowest BCUT2D eigenvalue weighted by Gasteiger charge is -2.13. The second-order valence-electron chi connectivity index (χ2n) is 4.48. The van der Waals surface area contributed by atoms with Crippen molar-refractivity contribution < 1.29 is 4.74 Å². The van der Waals surface area contributed by atoms with Crippen molar-refractivity contribution in [1.29, 1.82) is 0 Å². The third-order valence-corrected chi connectivity index (χ3v) is 3.58. The first-order chi connectivity index (χ1) is 7.70. The Labute approximate surface area is 102 Å². The minimum atomic E-state index is 0.702. The predicted molar refractivity (Wildman–Crippen MR) is 67.4 cm³/mol. The van der Waals surface area contributed by atoms with Gasteiger partial charge in [-0.15, -0.1) is 0 Å². The fourth-order valence-electron chi connectivity index (χ4n) is 2.27. The van der Waals surface area contributed by atoms with E-state index >= 15 is 0 Å². The van der Waals surface area contributed by atoms with Gasteiger partial charge in [-0.25, -0.2) is 0 Å². The maximum Gasteiger partial charge on any atom is 0.137 e. The molecule has 0 amide bonds. The third kappa shape index (κ3) is 2.50. The molecule has 3 heteroatoms. The number of benzene rings is 1. The van der Waals surface area contributed by atoms with Gasteiger partial charge in [-0.1, -0.05) is 11.6 Å². The number of nitrogens with one attached hydrogen (secondary N) is 1. The molecule has 1 saturated heterocycles. The molecule has 1 N–H and O–H groups in total. The van der Waals surface area contributed by atoms with Crippen molar-refractivity contribution in [3.63, 3.8) is 0 Å². The molecular formula is C13H18ClNO. The Morgan fingerprint density at radius 2 is 2.31 bits per heavy atom. The van der Waals surface area contributed by atoms with Crippen LogP contribution >= 0.6 is 11.6 Å². The van der Waals surface area contributed by atoms with Gasteiger partial charge in [0.05, 0.1) is 12.1 Å². The first-order valence-corrected chi connectivity index (χ1v) is 6.12. The summed E-state index contributed by atoms with van der Waals surface area (Å²) in [6.45, 7) is 4.39. The molecule has 1 fully saturated rings. The van der Waals surface area contributed by atoms with E-state index in [4.69, 9.17) is 16.3 Å². The van der Waals surface area contributed by atoms with Crippen molar-refractivity contribution in [3.8, 4) is 5.75 Å². The molecule has 88 valence electrons. The van der Waals surface area contributed by atoms with Gasteiger partial charge in [-0.3, -0.25) is 0 Å². The normalized spacial score (nSPS) is 20.1. The highest BCUT2D eigenvalue weighted by atomic mass is 35.5. The summed E-state index contributed by atoms with van der Waals surface area (Å²) in [6, 6.07) is 4.08. The van der Waals surface area contributed by atoms with Crippen LogP contribution in [0.2, 0.25) is 5.02 Å². The summed E-state index contributed by atoms with van der Waals surface area (Å²) in [5.74, 6) is 1.54. The van der Waals surface area contributed by atoms with Gasteiger partial charge in [-0.05, 0) is 62.0 Å². The maximum atomic E-state index is 6.08. The first kappa shape index (κ1) is 11.7. The van der Waals surface area contributed by atoms with Crippen molar-refractivity contribution in [1.82, 2.24) is 5.32 Å². The standard InChI is InChI=1S/C13H18ClNO/c1-9-5-12(14)13(16-2)7-11(9)6-10-3-4-15-8-10/h5,7,10,15H,3-4,6,8H2,1-2H3. The van der Waals surface area contributed by atoms with Crippen LogP contribution in [0.15, 0.2) is 12.1 Å². The smallest absolute Gasteiger partial charge is 0.137 e. The highest BCUT2D eigenvalue weighted by Gasteiger charge is 2.16. The van der Waals surface area contributed by atoms with Crippen LogP contribution in [0.3, 0.4) is 0 Å². The van der Waals surface area contributed by atoms with Crippen LogP contribution in [-0.2, 0) is 6.42 Å². The predicted octanol–water partition coefficient (Wildman–Crippen LogP) is 2.81. The zero-order valence-electron chi connectivity index (χ0n) is 9.85. The molecule has 2 nitrogen and oxygen atoms in total. The highest BCUT2D eigenvalue weighted by molar-refractivity contribution is 6.32. The molecule has 2 rings (SSSR count). The third-order valence-electron chi connectivity index (χ3n) is 3.28. The molecule has 0 spiro atoms. The number of rotatable bonds is 3. The summed E-state index contributed by atoms with van der Waals surface area (Å²) in [5.41, 5.74) is 2.62. The largest absolute Gasteiger partial charge is 0.495 e. The van der Waals surface area contributed by atoms with E-state index < -0.39 is 0 Å². The van der Waals surface area contributed by atoms with Crippen LogP contribution in [0.25, 0.3) is 0 Å². The summed E-state index contributed by atoms with van der Waals surface area (Å²) >= 11 is 6.08. The molecule has 1 aliphatic rings. The van der Waals surface area contributed by atoms with Crippen molar-refractivity contribution in [2.45, 2.75) is 19.8 Å². The Bertz CT molecular complexity index is 372. The summed E-state index contributed by atoms with van der Waals surface area (Å²) in [7, 11) is 1.66. The number of aryl methyl sites for hydroxylation is 1. The van der Waals surface area contributed by atoms with Crippen LogP contribution in [0, 0.1) is 12.8 Å². The zero-order chi connectivity index (χ0) is 11.5. The Balaban J connectivity index is 2.18. The van der Waals surface area contributed by atoms with E-state index in [1.165, 1.54) is 17.5 Å². The quantitative estimate of drug-likeness (QED) is 0.876. The lowest BCUT2D eigenvalue weighted by molar-refractivity contribution is 0.414. The molecule has 1 aromatic rings. The van der Waals surface area contributed by atoms with Gasteiger partial charge < -0.3 is 10.1 Å². The molecule has 1 aliphatic heterocycles. The molecular weight excluding hydrogens is 222 g/mol. The topological polar surface area (TPSA) is 21.3 Å². The van der Waals surface area contributed by atoms with Crippen LogP contribution < -0.4 is 10.1 Å². The number of halogens is 1. The number of hydrogen-bond acceptors (Lipinski definition) is 2. The van der Waals surface area contributed by atoms with Crippen LogP contribution in [0.5, 0.6) is 5.75 Å². The Morgan fingerprint density at radius 3 is 2.94 bits per heavy atom. The van der Waals surface area contributed by atoms with Gasteiger partial charge >= 0.3 is 0 Å². The van der Waals surface area contributed by atoms with Gasteiger partial charge in [-0.2, -0.15) is 0 Å². The molecule has 16 heavy (non-hydrogen) atoms. The molecule has 1 atom stereocenters. The van der Waals surface area contributed by atoms with Gasteiger partial charge in [0, 0.05) is 0 Å². The first-order valence-electron chi connectivity index (χ1n) is 5.74. The van der Waals surface area contributed by atoms with Crippen LogP contribution in [0.1, 0.15) is 17.5 Å². The molecule has 0 saturated carbocycles. The number of methoxy groups -OCH3 is 1. The fraction of sp³-hybridized carbons (Fsp3) is 0.538. The minimum Gasteiger partial charge on any atom is -0.495 e. The zero-order valence-corrected chi connectivity index (χ0v) is 10.6. The van der Waals surface area contributed by atoms with Crippen molar-refractivity contribution >= 4 is 11.6 Å². The monoisotopic (exact) mass is 239 g/mol. The van der Waals surface area contributed by atoms with E-state index in [1.54, 1.807) is 7.11 Å². The van der Waals surface area contributed by atoms with E-state index in [-0.39, 0.29) is 0 Å². The average molecular weight is 240 g/mol. The Morgan fingerprint density at radius 1 is 1.50 bits per heavy atom. The SMILES string of the molecule is COc1cc(CC2CCNC2)c(C)cc1Cl. The van der Waals surface area contributed by atoms with E-state index in [2.05, 4.69) is 18.3 Å². The summed E-state index contributed by atoms with van der Waals surface area (Å²) in [6.07, 6.45) is 2.39. The molecule has 1 unspecified atom stereocenters. The van der Waals surface area contributed by atoms with Crippen molar-refractivity contribution in [2.75, 3.05) is 20.2 Å². The average Bonchev–Trinajstić information content (AvgIpc) is 2.75. The van der Waals surface area contributed by atoms with Gasteiger partial charge in [0.1, 0.15) is 5.75 Å². The lowest BCUT2D eigenvalue weighted by atomic mass is 9.95. The second kappa shape index (κ2) is 5.07. The maximum absolute atomic E-state index is 6.08. The van der Waals surface area contributed by atoms with E-state index in [0.29, 0.717) is 5.02 Å². The number of hydrogen-bond donors (Lipinski definition) is 1. The molecule has 0 aromatic heterocycles. The molecule has 0 radical (unpaired) electrons. The summed E-state index contributed by atoms with van der Waals surface area (Å²) < 4.78 is 5.26. The van der Waals surface area contributed by atoms with Crippen LogP contribution in [0.4, 0.5) is 0 Å². The number of ether oxygens (including phenoxy) is 1. The highest BCUT2D eigenvalue weighted by Crippen LogP contribution is 2.29. The van der Waals surface area contributed by atoms with Crippen molar-refractivity contribution in [2.24, 2.45) is 5.92 Å². The van der Waals surface area contributed by atoms with E-state index in [0.717, 1.165) is 31.2 Å². The van der Waals surface area contributed by atoms with Crippen LogP contribution in [-0.4, -0.2) is 20.2 Å². The van der Waals surface area contributed by atoms with Crippen molar-refractivity contribution in [3.05, 3.63) is 28.3 Å².